The Balaban J connectivity index is 1.36. The van der Waals surface area contributed by atoms with E-state index < -0.39 is 5.91 Å². The number of aryl methyl sites for hydroxylation is 1. The van der Waals surface area contributed by atoms with Crippen molar-refractivity contribution in [1.82, 2.24) is 15.3 Å². The van der Waals surface area contributed by atoms with E-state index in [0.717, 1.165) is 32.9 Å². The predicted molar refractivity (Wildman–Crippen MR) is 110 cm³/mol. The molecular weight excluding hydrogens is 371 g/mol. The molecule has 0 saturated heterocycles. The number of hydrogen-bond acceptors (Lipinski definition) is 2. The second kappa shape index (κ2) is 7.79. The highest BCUT2D eigenvalue weighted by molar-refractivity contribution is 6.00. The van der Waals surface area contributed by atoms with Crippen molar-refractivity contribution >= 4 is 33.6 Å². The minimum absolute atomic E-state index is 0.100. The Kier molecular flexibility index (Phi) is 5.03. The minimum atomic E-state index is -0.535. The van der Waals surface area contributed by atoms with Gasteiger partial charge in [0.2, 0.25) is 5.91 Å². The average Bonchev–Trinajstić information content (AvgIpc) is 3.27. The zero-order valence-corrected chi connectivity index (χ0v) is 15.7. The van der Waals surface area contributed by atoms with Crippen molar-refractivity contribution in [1.29, 1.82) is 0 Å². The molecule has 0 radical (unpaired) electrons. The Morgan fingerprint density at radius 2 is 1.86 bits per heavy atom. The number of aromatic amines is 2. The van der Waals surface area contributed by atoms with Crippen molar-refractivity contribution < 1.29 is 14.0 Å². The second-order valence-electron chi connectivity index (χ2n) is 6.99. The molecule has 0 atom stereocenters. The lowest BCUT2D eigenvalue weighted by Gasteiger charge is -2.06. The van der Waals surface area contributed by atoms with Crippen molar-refractivity contribution in [2.45, 2.75) is 19.3 Å². The molecule has 29 heavy (non-hydrogen) atoms. The molecule has 0 aliphatic rings. The summed E-state index contributed by atoms with van der Waals surface area (Å²) in [4.78, 5) is 30.1. The van der Waals surface area contributed by atoms with E-state index in [1.54, 1.807) is 6.07 Å². The summed E-state index contributed by atoms with van der Waals surface area (Å²) in [5.74, 6) is -0.921. The summed E-state index contributed by atoms with van der Waals surface area (Å²) in [6.07, 6.45) is 3.14. The Bertz CT molecular complexity index is 1210. The number of carbonyl (C=O) groups excluding carboxylic acids is 2. The van der Waals surface area contributed by atoms with Crippen LogP contribution in [-0.4, -0.2) is 28.3 Å². The SMILES string of the molecule is NC(=O)c1[nH]c2ccccc2c1CCC(=O)NCCc1c[nH]c2cc(F)ccc12. The predicted octanol–water partition coefficient (Wildman–Crippen LogP) is 3.18. The molecule has 2 aromatic heterocycles. The number of para-hydroxylation sites is 1. The molecule has 2 aromatic carbocycles. The Hall–Kier alpha value is -3.61. The number of benzene rings is 2. The van der Waals surface area contributed by atoms with Crippen LogP contribution in [0, 0.1) is 5.82 Å². The third-order valence-corrected chi connectivity index (χ3v) is 5.11. The summed E-state index contributed by atoms with van der Waals surface area (Å²) in [5, 5.41) is 4.76. The number of H-pyrrole nitrogens is 2. The van der Waals surface area contributed by atoms with Gasteiger partial charge < -0.3 is 21.0 Å². The quantitative estimate of drug-likeness (QED) is 0.388. The number of carbonyl (C=O) groups is 2. The van der Waals surface area contributed by atoms with Gasteiger partial charge in [0, 0.05) is 41.0 Å². The largest absolute Gasteiger partial charge is 0.364 e. The van der Waals surface area contributed by atoms with Crippen LogP contribution in [0.15, 0.2) is 48.7 Å². The van der Waals surface area contributed by atoms with E-state index in [0.29, 0.717) is 25.1 Å². The molecule has 0 aliphatic heterocycles. The van der Waals surface area contributed by atoms with Crippen LogP contribution in [0.25, 0.3) is 21.8 Å². The van der Waals surface area contributed by atoms with E-state index in [1.807, 2.05) is 30.5 Å². The molecule has 0 saturated carbocycles. The van der Waals surface area contributed by atoms with Crippen LogP contribution in [0.5, 0.6) is 0 Å². The molecule has 2 amide bonds. The van der Waals surface area contributed by atoms with Crippen LogP contribution in [0.4, 0.5) is 4.39 Å². The number of amides is 2. The molecule has 7 heteroatoms. The molecule has 0 unspecified atom stereocenters. The third-order valence-electron chi connectivity index (χ3n) is 5.11. The van der Waals surface area contributed by atoms with E-state index in [1.165, 1.54) is 12.1 Å². The van der Waals surface area contributed by atoms with Gasteiger partial charge in [0.15, 0.2) is 0 Å². The lowest BCUT2D eigenvalue weighted by molar-refractivity contribution is -0.121. The summed E-state index contributed by atoms with van der Waals surface area (Å²) < 4.78 is 13.3. The maximum absolute atomic E-state index is 13.3. The lowest BCUT2D eigenvalue weighted by atomic mass is 10.0. The van der Waals surface area contributed by atoms with Gasteiger partial charge in [0.05, 0.1) is 0 Å². The molecule has 4 aromatic rings. The molecule has 0 aliphatic carbocycles. The number of aromatic nitrogens is 2. The van der Waals surface area contributed by atoms with Crippen molar-refractivity contribution in [3.63, 3.8) is 0 Å². The summed E-state index contributed by atoms with van der Waals surface area (Å²) in [7, 11) is 0. The first-order valence-corrected chi connectivity index (χ1v) is 9.44. The Labute approximate surface area is 166 Å². The zero-order valence-electron chi connectivity index (χ0n) is 15.7. The van der Waals surface area contributed by atoms with Crippen molar-refractivity contribution in [2.24, 2.45) is 5.73 Å². The normalized spacial score (nSPS) is 11.2. The van der Waals surface area contributed by atoms with Crippen LogP contribution in [0.3, 0.4) is 0 Å². The Morgan fingerprint density at radius 3 is 2.69 bits per heavy atom. The van der Waals surface area contributed by atoms with Gasteiger partial charge in [-0.25, -0.2) is 4.39 Å². The first-order valence-electron chi connectivity index (χ1n) is 9.44. The number of fused-ring (bicyclic) bond motifs is 2. The number of nitrogens with two attached hydrogens (primary N) is 1. The van der Waals surface area contributed by atoms with Gasteiger partial charge in [-0.3, -0.25) is 9.59 Å². The fraction of sp³-hybridized carbons (Fsp3) is 0.182. The Morgan fingerprint density at radius 1 is 1.03 bits per heavy atom. The van der Waals surface area contributed by atoms with E-state index in [4.69, 9.17) is 5.73 Å². The smallest absolute Gasteiger partial charge is 0.265 e. The van der Waals surface area contributed by atoms with Crippen molar-refractivity contribution in [3.8, 4) is 0 Å². The topological polar surface area (TPSA) is 104 Å². The fourth-order valence-electron chi connectivity index (χ4n) is 3.70. The standard InChI is InChI=1S/C22H21FN4O2/c23-14-5-6-15-13(12-26-19(15)11-14)9-10-25-20(28)8-7-17-16-3-1-2-4-18(16)27-21(17)22(24)29/h1-6,11-12,26-27H,7-10H2,(H2,24,29)(H,25,28). The first-order chi connectivity index (χ1) is 14.0. The van der Waals surface area contributed by atoms with Gasteiger partial charge >= 0.3 is 0 Å². The highest BCUT2D eigenvalue weighted by atomic mass is 19.1. The molecule has 0 spiro atoms. The van der Waals surface area contributed by atoms with E-state index in [2.05, 4.69) is 15.3 Å². The van der Waals surface area contributed by atoms with Crippen molar-refractivity contribution in [2.75, 3.05) is 6.54 Å². The summed E-state index contributed by atoms with van der Waals surface area (Å²) in [6.45, 7) is 0.472. The number of halogens is 1. The molecule has 5 N–H and O–H groups in total. The minimum Gasteiger partial charge on any atom is -0.364 e. The van der Waals surface area contributed by atoms with Gasteiger partial charge in [-0.2, -0.15) is 0 Å². The maximum atomic E-state index is 13.3. The third kappa shape index (κ3) is 3.85. The van der Waals surface area contributed by atoms with Crippen LogP contribution in [0.2, 0.25) is 0 Å². The van der Waals surface area contributed by atoms with E-state index in [9.17, 15) is 14.0 Å². The van der Waals surface area contributed by atoms with Gasteiger partial charge in [-0.1, -0.05) is 18.2 Å². The number of primary amides is 1. The number of rotatable bonds is 7. The number of hydrogen-bond donors (Lipinski definition) is 4. The molecular formula is C22H21FN4O2. The van der Waals surface area contributed by atoms with Crippen molar-refractivity contribution in [3.05, 3.63) is 71.3 Å². The fourth-order valence-corrected chi connectivity index (χ4v) is 3.70. The van der Waals surface area contributed by atoms with Gasteiger partial charge in [0.1, 0.15) is 11.5 Å². The van der Waals surface area contributed by atoms with Gasteiger partial charge in [-0.05, 0) is 48.2 Å². The average molecular weight is 392 g/mol. The molecule has 2 heterocycles. The van der Waals surface area contributed by atoms with Crippen LogP contribution >= 0.6 is 0 Å². The summed E-state index contributed by atoms with van der Waals surface area (Å²) in [6, 6.07) is 12.2. The highest BCUT2D eigenvalue weighted by Crippen LogP contribution is 2.23. The summed E-state index contributed by atoms with van der Waals surface area (Å²) >= 11 is 0. The monoisotopic (exact) mass is 392 g/mol. The van der Waals surface area contributed by atoms with Crippen LogP contribution in [-0.2, 0) is 17.6 Å². The van der Waals surface area contributed by atoms with Crippen LogP contribution < -0.4 is 11.1 Å². The lowest BCUT2D eigenvalue weighted by Crippen LogP contribution is -2.26. The molecule has 0 fully saturated rings. The molecule has 6 nitrogen and oxygen atoms in total. The van der Waals surface area contributed by atoms with E-state index >= 15 is 0 Å². The van der Waals surface area contributed by atoms with Gasteiger partial charge in [-0.15, -0.1) is 0 Å². The number of nitrogens with one attached hydrogen (secondary N) is 3. The second-order valence-corrected chi connectivity index (χ2v) is 6.99. The van der Waals surface area contributed by atoms with E-state index in [-0.39, 0.29) is 18.1 Å². The summed E-state index contributed by atoms with van der Waals surface area (Å²) in [5.41, 5.74) is 9.18. The van der Waals surface area contributed by atoms with Crippen LogP contribution in [0.1, 0.15) is 28.0 Å². The maximum Gasteiger partial charge on any atom is 0.265 e. The zero-order chi connectivity index (χ0) is 20.4. The molecule has 4 rings (SSSR count). The molecule has 148 valence electrons. The molecule has 0 bridgehead atoms. The highest BCUT2D eigenvalue weighted by Gasteiger charge is 2.16. The van der Waals surface area contributed by atoms with Gasteiger partial charge in [0.25, 0.3) is 5.91 Å². The first kappa shape index (κ1) is 18.7.